The van der Waals surface area contributed by atoms with Gasteiger partial charge in [0.1, 0.15) is 6.10 Å². The Morgan fingerprint density at radius 3 is 2.52 bits per heavy atom. The van der Waals surface area contributed by atoms with E-state index in [1.807, 2.05) is 0 Å². The first-order valence-corrected chi connectivity index (χ1v) is 13.6. The monoisotopic (exact) mass is 453 g/mol. The molecule has 182 valence electrons. The fraction of sp³-hybridized carbons (Fsp3) is 0.793. The van der Waals surface area contributed by atoms with Crippen molar-refractivity contribution < 1.29 is 14.3 Å². The zero-order valence-electron chi connectivity index (χ0n) is 21.0. The van der Waals surface area contributed by atoms with Gasteiger partial charge in [0.05, 0.1) is 6.42 Å². The predicted molar refractivity (Wildman–Crippen MR) is 131 cm³/mol. The SMILES string of the molecule is CC(=O)C1=CCC2C3CC=C4CC(OC(=O)CCN5CCCCC5)CCC4(C)C3CCC12C. The molecule has 0 spiro atoms. The van der Waals surface area contributed by atoms with Crippen LogP contribution >= 0.6 is 0 Å². The van der Waals surface area contributed by atoms with E-state index in [0.717, 1.165) is 63.7 Å². The van der Waals surface area contributed by atoms with E-state index in [1.54, 1.807) is 12.5 Å². The molecule has 0 aromatic rings. The third-order valence-electron chi connectivity index (χ3n) is 10.4. The van der Waals surface area contributed by atoms with Gasteiger partial charge in [-0.25, -0.2) is 0 Å². The van der Waals surface area contributed by atoms with E-state index in [1.165, 1.54) is 25.7 Å². The van der Waals surface area contributed by atoms with Crippen molar-refractivity contribution in [3.05, 3.63) is 23.3 Å². The maximum absolute atomic E-state index is 12.6. The largest absolute Gasteiger partial charge is 0.462 e. The van der Waals surface area contributed by atoms with Crippen molar-refractivity contribution in [3.63, 3.8) is 0 Å². The molecule has 5 rings (SSSR count). The van der Waals surface area contributed by atoms with Gasteiger partial charge in [0.2, 0.25) is 0 Å². The van der Waals surface area contributed by atoms with Crippen LogP contribution in [0.2, 0.25) is 0 Å². The highest BCUT2D eigenvalue weighted by Gasteiger charge is 2.57. The third-order valence-corrected chi connectivity index (χ3v) is 10.4. The Morgan fingerprint density at radius 1 is 1.00 bits per heavy atom. The van der Waals surface area contributed by atoms with Crippen molar-refractivity contribution in [1.82, 2.24) is 4.90 Å². The smallest absolute Gasteiger partial charge is 0.307 e. The summed E-state index contributed by atoms with van der Waals surface area (Å²) in [4.78, 5) is 27.3. The van der Waals surface area contributed by atoms with Gasteiger partial charge in [-0.2, -0.15) is 0 Å². The minimum Gasteiger partial charge on any atom is -0.462 e. The van der Waals surface area contributed by atoms with Gasteiger partial charge in [0.15, 0.2) is 5.78 Å². The molecule has 4 heteroatoms. The second-order valence-corrected chi connectivity index (χ2v) is 12.1. The Morgan fingerprint density at radius 2 is 1.76 bits per heavy atom. The van der Waals surface area contributed by atoms with Crippen molar-refractivity contribution in [1.29, 1.82) is 0 Å². The Bertz CT molecular complexity index is 853. The molecular weight excluding hydrogens is 410 g/mol. The summed E-state index contributed by atoms with van der Waals surface area (Å²) in [5.41, 5.74) is 2.96. The van der Waals surface area contributed by atoms with Crippen LogP contribution < -0.4 is 0 Å². The number of Topliss-reactive ketones (excluding diaryl/α,β-unsaturated/α-hetero) is 1. The maximum atomic E-state index is 12.6. The first-order chi connectivity index (χ1) is 15.8. The first-order valence-electron chi connectivity index (χ1n) is 13.6. The summed E-state index contributed by atoms with van der Waals surface area (Å²) in [5, 5.41) is 0. The quantitative estimate of drug-likeness (QED) is 0.386. The third kappa shape index (κ3) is 4.15. The number of ether oxygens (including phenoxy) is 1. The molecule has 3 fully saturated rings. The number of carbonyl (C=O) groups excluding carboxylic acids is 2. The van der Waals surface area contributed by atoms with Crippen LogP contribution in [-0.2, 0) is 14.3 Å². The van der Waals surface area contributed by atoms with E-state index in [4.69, 9.17) is 4.74 Å². The van der Waals surface area contributed by atoms with Crippen LogP contribution in [0.3, 0.4) is 0 Å². The van der Waals surface area contributed by atoms with Gasteiger partial charge in [-0.15, -0.1) is 0 Å². The maximum Gasteiger partial charge on any atom is 0.307 e. The fourth-order valence-electron chi connectivity index (χ4n) is 8.52. The number of hydrogen-bond acceptors (Lipinski definition) is 4. The van der Waals surface area contributed by atoms with Crippen LogP contribution in [0.4, 0.5) is 0 Å². The van der Waals surface area contributed by atoms with Gasteiger partial charge < -0.3 is 9.64 Å². The number of ketones is 1. The van der Waals surface area contributed by atoms with Crippen LogP contribution in [0.5, 0.6) is 0 Å². The summed E-state index contributed by atoms with van der Waals surface area (Å²) in [5.74, 6) is 2.25. The Kier molecular flexibility index (Phi) is 6.35. The Hall–Kier alpha value is -1.42. The molecular formula is C29H43NO3. The van der Waals surface area contributed by atoms with E-state index in [-0.39, 0.29) is 28.7 Å². The molecule has 1 heterocycles. The molecule has 0 aromatic heterocycles. The minimum atomic E-state index is -0.00862. The molecule has 0 bridgehead atoms. The lowest BCUT2D eigenvalue weighted by Gasteiger charge is -2.57. The summed E-state index contributed by atoms with van der Waals surface area (Å²) in [6.45, 7) is 9.71. The van der Waals surface area contributed by atoms with Crippen molar-refractivity contribution in [2.75, 3.05) is 19.6 Å². The zero-order chi connectivity index (χ0) is 23.2. The van der Waals surface area contributed by atoms with E-state index < -0.39 is 0 Å². The van der Waals surface area contributed by atoms with Crippen LogP contribution in [0.15, 0.2) is 23.3 Å². The van der Waals surface area contributed by atoms with Crippen molar-refractivity contribution in [2.24, 2.45) is 28.6 Å². The number of allylic oxidation sites excluding steroid dienone is 3. The Balaban J connectivity index is 1.21. The number of carbonyl (C=O) groups is 2. The van der Waals surface area contributed by atoms with E-state index in [0.29, 0.717) is 24.2 Å². The van der Waals surface area contributed by atoms with Crippen molar-refractivity contribution in [2.45, 2.75) is 97.5 Å². The molecule has 4 nitrogen and oxygen atoms in total. The lowest BCUT2D eigenvalue weighted by Crippen LogP contribution is -2.50. The highest BCUT2D eigenvalue weighted by atomic mass is 16.5. The second-order valence-electron chi connectivity index (χ2n) is 12.1. The number of likely N-dealkylation sites (tertiary alicyclic amines) is 1. The van der Waals surface area contributed by atoms with Gasteiger partial charge in [-0.05, 0) is 106 Å². The van der Waals surface area contributed by atoms with Crippen molar-refractivity contribution in [3.8, 4) is 0 Å². The molecule has 6 atom stereocenters. The average Bonchev–Trinajstić information content (AvgIpc) is 3.16. The predicted octanol–water partition coefficient (Wildman–Crippen LogP) is 5.86. The molecule has 0 aromatic carbocycles. The molecule has 6 unspecified atom stereocenters. The average molecular weight is 454 g/mol. The molecule has 33 heavy (non-hydrogen) atoms. The number of nitrogens with zero attached hydrogens (tertiary/aromatic N) is 1. The van der Waals surface area contributed by atoms with Gasteiger partial charge >= 0.3 is 5.97 Å². The molecule has 1 aliphatic heterocycles. The van der Waals surface area contributed by atoms with E-state index >= 15 is 0 Å². The number of piperidine rings is 1. The highest BCUT2D eigenvalue weighted by molar-refractivity contribution is 5.95. The molecule has 0 N–H and O–H groups in total. The van der Waals surface area contributed by atoms with E-state index in [2.05, 4.69) is 30.9 Å². The number of fused-ring (bicyclic) bond motifs is 5. The highest BCUT2D eigenvalue weighted by Crippen LogP contribution is 2.65. The van der Waals surface area contributed by atoms with Crippen molar-refractivity contribution >= 4 is 11.8 Å². The zero-order valence-corrected chi connectivity index (χ0v) is 21.0. The summed E-state index contributed by atoms with van der Waals surface area (Å²) in [7, 11) is 0. The van der Waals surface area contributed by atoms with Gasteiger partial charge in [0, 0.05) is 13.0 Å². The molecule has 1 saturated heterocycles. The summed E-state index contributed by atoms with van der Waals surface area (Å²) in [6, 6.07) is 0. The normalized spacial score (nSPS) is 40.7. The van der Waals surface area contributed by atoms with E-state index in [9.17, 15) is 9.59 Å². The molecule has 2 saturated carbocycles. The van der Waals surface area contributed by atoms with Crippen LogP contribution in [0.1, 0.15) is 91.4 Å². The second kappa shape index (κ2) is 8.98. The summed E-state index contributed by atoms with van der Waals surface area (Å²) >= 11 is 0. The fourth-order valence-corrected chi connectivity index (χ4v) is 8.52. The molecule has 0 radical (unpaired) electrons. The van der Waals surface area contributed by atoms with Crippen LogP contribution in [0, 0.1) is 28.6 Å². The van der Waals surface area contributed by atoms with Gasteiger partial charge in [0.25, 0.3) is 0 Å². The summed E-state index contributed by atoms with van der Waals surface area (Å²) in [6.07, 6.45) is 16.8. The molecule has 0 amide bonds. The first kappa shape index (κ1) is 23.3. The molecule has 5 aliphatic rings. The van der Waals surface area contributed by atoms with Gasteiger partial charge in [-0.1, -0.05) is 38.0 Å². The lowest BCUT2D eigenvalue weighted by atomic mass is 9.47. The minimum absolute atomic E-state index is 0.00862. The summed E-state index contributed by atoms with van der Waals surface area (Å²) < 4.78 is 5.99. The van der Waals surface area contributed by atoms with Crippen LogP contribution in [-0.4, -0.2) is 42.4 Å². The number of rotatable bonds is 5. The Labute approximate surface area is 200 Å². The molecule has 4 aliphatic carbocycles. The number of hydrogen-bond donors (Lipinski definition) is 0. The van der Waals surface area contributed by atoms with Crippen LogP contribution in [0.25, 0.3) is 0 Å². The number of esters is 1. The van der Waals surface area contributed by atoms with Gasteiger partial charge in [-0.3, -0.25) is 9.59 Å². The standard InChI is InChI=1S/C29H43NO3/c1-20(31)24-9-10-25-23-8-7-21-19-22(33-27(32)13-18-30-16-5-4-6-17-30)11-14-28(21,2)26(23)12-15-29(24,25)3/h7,9,22-23,25-26H,4-6,8,10-19H2,1-3H3. The lowest BCUT2D eigenvalue weighted by molar-refractivity contribution is -0.151. The topological polar surface area (TPSA) is 46.6 Å².